The minimum atomic E-state index is -0.449. The fourth-order valence-electron chi connectivity index (χ4n) is 1.88. The summed E-state index contributed by atoms with van der Waals surface area (Å²) in [5.41, 5.74) is -0.154. The highest BCUT2D eigenvalue weighted by molar-refractivity contribution is 9.11. The normalized spacial score (nSPS) is 22.5. The quantitative estimate of drug-likeness (QED) is 0.714. The first-order valence-electron chi connectivity index (χ1n) is 4.70. The smallest absolute Gasteiger partial charge is 0.144 e. The van der Waals surface area contributed by atoms with Crippen molar-refractivity contribution < 1.29 is 9.59 Å². The van der Waals surface area contributed by atoms with Gasteiger partial charge in [0.05, 0.1) is 5.92 Å². The van der Waals surface area contributed by atoms with Crippen LogP contribution in [-0.2, 0) is 9.59 Å². The van der Waals surface area contributed by atoms with E-state index in [4.69, 9.17) is 0 Å². The van der Waals surface area contributed by atoms with Crippen molar-refractivity contribution >= 4 is 27.5 Å². The Balaban J connectivity index is 2.76. The summed E-state index contributed by atoms with van der Waals surface area (Å²) >= 11 is 3.19. The maximum Gasteiger partial charge on any atom is 0.144 e. The molecule has 0 radical (unpaired) electrons. The van der Waals surface area contributed by atoms with Crippen molar-refractivity contribution in [3.63, 3.8) is 0 Å². The zero-order valence-electron chi connectivity index (χ0n) is 8.60. The van der Waals surface area contributed by atoms with Gasteiger partial charge in [0.2, 0.25) is 0 Å². The number of Topliss-reactive ketones (excluding diaryl/α,β-unsaturated/α-hetero) is 2. The monoisotopic (exact) mass is 258 g/mol. The molecule has 1 saturated carbocycles. The van der Waals surface area contributed by atoms with Crippen LogP contribution < -0.4 is 0 Å². The van der Waals surface area contributed by atoms with Crippen molar-refractivity contribution in [2.75, 3.05) is 0 Å². The number of rotatable bonds is 2. The molecular formula is C11H15BrO2. The lowest BCUT2D eigenvalue weighted by molar-refractivity contribution is -0.139. The van der Waals surface area contributed by atoms with Crippen LogP contribution in [0.5, 0.6) is 0 Å². The van der Waals surface area contributed by atoms with Crippen LogP contribution in [-0.4, -0.2) is 11.6 Å². The Morgan fingerprint density at radius 3 is 2.21 bits per heavy atom. The molecule has 0 heterocycles. The summed E-state index contributed by atoms with van der Waals surface area (Å²) in [5, 5.41) is 0. The summed E-state index contributed by atoms with van der Waals surface area (Å²) in [6.45, 7) is 7.59. The number of allylic oxidation sites excluding steroid dienone is 1. The second-order valence-corrected chi connectivity index (χ2v) is 5.85. The summed E-state index contributed by atoms with van der Waals surface area (Å²) in [6, 6.07) is 0. The zero-order valence-corrected chi connectivity index (χ0v) is 10.2. The second kappa shape index (κ2) is 3.97. The molecule has 0 amide bonds. The van der Waals surface area contributed by atoms with E-state index in [-0.39, 0.29) is 17.0 Å². The van der Waals surface area contributed by atoms with Crippen molar-refractivity contribution in [3.8, 4) is 0 Å². The van der Waals surface area contributed by atoms with E-state index in [0.717, 1.165) is 4.48 Å². The fourth-order valence-corrected chi connectivity index (χ4v) is 2.20. The average molecular weight is 259 g/mol. The Morgan fingerprint density at radius 2 is 1.86 bits per heavy atom. The molecule has 0 aromatic carbocycles. The standard InChI is InChI=1S/C11H15BrO2/c1-7(12)4-8-9(13)5-11(2,3)6-10(8)14/h8H,1,4-6H2,2-3H3. The van der Waals surface area contributed by atoms with Gasteiger partial charge in [-0.05, 0) is 16.3 Å². The van der Waals surface area contributed by atoms with Gasteiger partial charge < -0.3 is 0 Å². The third-order valence-corrected chi connectivity index (χ3v) is 2.83. The Kier molecular flexibility index (Phi) is 3.30. The molecule has 78 valence electrons. The predicted octanol–water partition coefficient (Wildman–Crippen LogP) is 2.86. The largest absolute Gasteiger partial charge is 0.299 e. The predicted molar refractivity (Wildman–Crippen MR) is 59.2 cm³/mol. The SMILES string of the molecule is C=C(Br)CC1C(=O)CC(C)(C)CC1=O. The zero-order chi connectivity index (χ0) is 10.9. The lowest BCUT2D eigenvalue weighted by atomic mass is 9.71. The van der Waals surface area contributed by atoms with Crippen LogP contribution in [0.25, 0.3) is 0 Å². The third-order valence-electron chi connectivity index (χ3n) is 2.51. The van der Waals surface area contributed by atoms with E-state index in [1.165, 1.54) is 0 Å². The highest BCUT2D eigenvalue weighted by Crippen LogP contribution is 2.36. The average Bonchev–Trinajstić information content (AvgIpc) is 1.94. The van der Waals surface area contributed by atoms with Gasteiger partial charge in [0.25, 0.3) is 0 Å². The maximum absolute atomic E-state index is 11.7. The van der Waals surface area contributed by atoms with E-state index in [1.807, 2.05) is 13.8 Å². The van der Waals surface area contributed by atoms with Gasteiger partial charge in [-0.15, -0.1) is 0 Å². The van der Waals surface area contributed by atoms with Crippen molar-refractivity contribution in [2.24, 2.45) is 11.3 Å². The second-order valence-electron chi connectivity index (χ2n) is 4.72. The Labute approximate surface area is 92.9 Å². The number of carbonyl (C=O) groups excluding carboxylic acids is 2. The first-order valence-corrected chi connectivity index (χ1v) is 5.50. The Hall–Kier alpha value is -0.440. The number of hydrogen-bond donors (Lipinski definition) is 0. The van der Waals surface area contributed by atoms with Crippen LogP contribution in [0, 0.1) is 11.3 Å². The maximum atomic E-state index is 11.7. The molecule has 0 aliphatic heterocycles. The third kappa shape index (κ3) is 2.77. The van der Waals surface area contributed by atoms with Crippen molar-refractivity contribution in [2.45, 2.75) is 33.1 Å². The molecule has 2 nitrogen and oxygen atoms in total. The summed E-state index contributed by atoms with van der Waals surface area (Å²) in [4.78, 5) is 23.3. The summed E-state index contributed by atoms with van der Waals surface area (Å²) < 4.78 is 0.726. The lowest BCUT2D eigenvalue weighted by Crippen LogP contribution is -2.37. The lowest BCUT2D eigenvalue weighted by Gasteiger charge is -2.31. The molecular weight excluding hydrogens is 244 g/mol. The molecule has 1 rings (SSSR count). The van der Waals surface area contributed by atoms with Crippen molar-refractivity contribution in [1.29, 1.82) is 0 Å². The summed E-state index contributed by atoms with van der Waals surface area (Å²) in [6.07, 6.45) is 1.46. The fraction of sp³-hybridized carbons (Fsp3) is 0.636. The van der Waals surface area contributed by atoms with Crippen LogP contribution in [0.4, 0.5) is 0 Å². The van der Waals surface area contributed by atoms with Crippen LogP contribution in [0.3, 0.4) is 0 Å². The van der Waals surface area contributed by atoms with E-state index >= 15 is 0 Å². The molecule has 0 saturated heterocycles. The summed E-state index contributed by atoms with van der Waals surface area (Å²) in [7, 11) is 0. The molecule has 14 heavy (non-hydrogen) atoms. The van der Waals surface area contributed by atoms with Crippen LogP contribution >= 0.6 is 15.9 Å². The van der Waals surface area contributed by atoms with Gasteiger partial charge in [-0.1, -0.05) is 36.4 Å². The van der Waals surface area contributed by atoms with Gasteiger partial charge in [-0.3, -0.25) is 9.59 Å². The van der Waals surface area contributed by atoms with Gasteiger partial charge in [0.1, 0.15) is 11.6 Å². The highest BCUT2D eigenvalue weighted by atomic mass is 79.9. The Morgan fingerprint density at radius 1 is 1.43 bits per heavy atom. The number of ketones is 2. The van der Waals surface area contributed by atoms with Crippen molar-refractivity contribution in [1.82, 2.24) is 0 Å². The van der Waals surface area contributed by atoms with E-state index in [0.29, 0.717) is 19.3 Å². The summed E-state index contributed by atoms with van der Waals surface area (Å²) in [5.74, 6) is -0.325. The minimum Gasteiger partial charge on any atom is -0.299 e. The molecule has 0 spiro atoms. The molecule has 1 aliphatic carbocycles. The molecule has 3 heteroatoms. The van der Waals surface area contributed by atoms with Crippen LogP contribution in [0.1, 0.15) is 33.1 Å². The van der Waals surface area contributed by atoms with Gasteiger partial charge in [0.15, 0.2) is 0 Å². The topological polar surface area (TPSA) is 34.1 Å². The molecule has 0 bridgehead atoms. The molecule has 1 aliphatic rings. The minimum absolute atomic E-state index is 0.0619. The molecule has 0 atom stereocenters. The first kappa shape index (κ1) is 11.6. The Bertz CT molecular complexity index is 272. The highest BCUT2D eigenvalue weighted by Gasteiger charge is 2.39. The molecule has 0 aromatic rings. The van der Waals surface area contributed by atoms with Gasteiger partial charge >= 0.3 is 0 Å². The van der Waals surface area contributed by atoms with Crippen LogP contribution in [0.2, 0.25) is 0 Å². The first-order chi connectivity index (χ1) is 6.32. The number of halogens is 1. The molecule has 1 fully saturated rings. The van der Waals surface area contributed by atoms with Gasteiger partial charge in [-0.25, -0.2) is 0 Å². The van der Waals surface area contributed by atoms with E-state index in [1.54, 1.807) is 0 Å². The van der Waals surface area contributed by atoms with Crippen molar-refractivity contribution in [3.05, 3.63) is 11.1 Å². The van der Waals surface area contributed by atoms with Gasteiger partial charge in [0, 0.05) is 12.8 Å². The van der Waals surface area contributed by atoms with E-state index in [2.05, 4.69) is 22.5 Å². The van der Waals surface area contributed by atoms with E-state index < -0.39 is 5.92 Å². The molecule has 0 N–H and O–H groups in total. The van der Waals surface area contributed by atoms with E-state index in [9.17, 15) is 9.59 Å². The molecule has 0 aromatic heterocycles. The molecule has 0 unspecified atom stereocenters. The van der Waals surface area contributed by atoms with Crippen LogP contribution in [0.15, 0.2) is 11.1 Å². The number of hydrogen-bond acceptors (Lipinski definition) is 2. The van der Waals surface area contributed by atoms with Gasteiger partial charge in [-0.2, -0.15) is 0 Å². The number of carbonyl (C=O) groups is 2.